The molecule has 0 unspecified atom stereocenters. The topological polar surface area (TPSA) is 59.6 Å². The monoisotopic (exact) mass is 241 g/mol. The normalized spacial score (nSPS) is 14.2. The van der Waals surface area contributed by atoms with Crippen LogP contribution < -0.4 is 9.67 Å². The van der Waals surface area contributed by atoms with Crippen LogP contribution in [0.2, 0.25) is 0 Å². The van der Waals surface area contributed by atoms with Crippen molar-refractivity contribution in [2.45, 2.75) is 13.0 Å². The van der Waals surface area contributed by atoms with Gasteiger partial charge in [-0.3, -0.25) is 4.79 Å². The second kappa shape index (κ2) is 5.46. The summed E-state index contributed by atoms with van der Waals surface area (Å²) in [5, 5.41) is 15.7. The van der Waals surface area contributed by atoms with Gasteiger partial charge in [0.1, 0.15) is 0 Å². The largest absolute Gasteiger partial charge is 0.860 e. The Morgan fingerprint density at radius 3 is 2.69 bits per heavy atom. The summed E-state index contributed by atoms with van der Waals surface area (Å²) in [5.41, 5.74) is 0. The summed E-state index contributed by atoms with van der Waals surface area (Å²) in [5.74, 6) is -0.376. The minimum Gasteiger partial charge on any atom is -0.860 e. The van der Waals surface area contributed by atoms with E-state index in [2.05, 4.69) is 5.10 Å². The molecule has 0 bridgehead atoms. The highest BCUT2D eigenvalue weighted by Gasteiger charge is 2.19. The van der Waals surface area contributed by atoms with Crippen LogP contribution in [0.15, 0.2) is 35.7 Å². The van der Waals surface area contributed by atoms with Gasteiger partial charge in [-0.2, -0.15) is 9.67 Å². The first-order valence-electron chi connectivity index (χ1n) is 4.74. The predicted octanol–water partition coefficient (Wildman–Crippen LogP) is -0.698. The van der Waals surface area contributed by atoms with Crippen LogP contribution in [0.5, 0.6) is 0 Å². The lowest BCUT2D eigenvalue weighted by Gasteiger charge is -2.08. The number of hydrazone groups is 1. The van der Waals surface area contributed by atoms with Gasteiger partial charge >= 0.3 is 5.91 Å². The summed E-state index contributed by atoms with van der Waals surface area (Å²) < 4.78 is 1.75. The number of rotatable bonds is 2. The lowest BCUT2D eigenvalue weighted by Crippen LogP contribution is -2.42. The van der Waals surface area contributed by atoms with Crippen molar-refractivity contribution in [1.82, 2.24) is 5.01 Å². The highest BCUT2D eigenvalue weighted by atomic mass is 35.5. The fraction of sp³-hybridized carbons (Fsp3) is 0.300. The number of carbonyl (C=O) groups is 1. The second-order valence-electron chi connectivity index (χ2n) is 3.31. The number of halogens is 1. The van der Waals surface area contributed by atoms with Crippen molar-refractivity contribution in [3.63, 3.8) is 0 Å². The number of hydrogen-bond acceptors (Lipinski definition) is 3. The van der Waals surface area contributed by atoms with E-state index in [1.165, 1.54) is 5.01 Å². The molecule has 5 nitrogen and oxygen atoms in total. The van der Waals surface area contributed by atoms with Gasteiger partial charge in [-0.15, -0.1) is 12.4 Å². The first-order valence-corrected chi connectivity index (χ1v) is 4.74. The van der Waals surface area contributed by atoms with Crippen molar-refractivity contribution in [3.05, 3.63) is 30.6 Å². The van der Waals surface area contributed by atoms with Gasteiger partial charge in [0.25, 0.3) is 0 Å². The van der Waals surface area contributed by atoms with Gasteiger partial charge in [0.15, 0.2) is 12.4 Å². The number of nitrogens with zero attached hydrogens (tertiary/aromatic N) is 3. The fourth-order valence-electron chi connectivity index (χ4n) is 1.39. The molecule has 0 aliphatic carbocycles. The summed E-state index contributed by atoms with van der Waals surface area (Å²) in [4.78, 5) is 11.6. The molecule has 0 atom stereocenters. The average molecular weight is 242 g/mol. The fourth-order valence-corrected chi connectivity index (χ4v) is 1.39. The maximum absolute atomic E-state index is 11.6. The lowest BCUT2D eigenvalue weighted by atomic mass is 10.4. The number of amides is 1. The van der Waals surface area contributed by atoms with E-state index in [1.807, 2.05) is 18.2 Å². The van der Waals surface area contributed by atoms with Crippen molar-refractivity contribution in [2.75, 3.05) is 6.54 Å². The highest BCUT2D eigenvalue weighted by molar-refractivity contribution is 5.85. The molecule has 1 aliphatic rings. The van der Waals surface area contributed by atoms with Gasteiger partial charge in [-0.1, -0.05) is 6.07 Å². The zero-order valence-electron chi connectivity index (χ0n) is 8.57. The molecule has 2 heterocycles. The summed E-state index contributed by atoms with van der Waals surface area (Å²) >= 11 is 0. The molecule has 0 aromatic carbocycles. The van der Waals surface area contributed by atoms with Crippen LogP contribution in [-0.4, -0.2) is 23.4 Å². The molecule has 0 N–H and O–H groups in total. The molecule has 0 fully saturated rings. The van der Waals surface area contributed by atoms with E-state index in [0.717, 1.165) is 0 Å². The average Bonchev–Trinajstić information content (AvgIpc) is 2.66. The van der Waals surface area contributed by atoms with E-state index in [0.29, 0.717) is 13.0 Å². The van der Waals surface area contributed by atoms with E-state index >= 15 is 0 Å². The van der Waals surface area contributed by atoms with Gasteiger partial charge < -0.3 is 5.11 Å². The van der Waals surface area contributed by atoms with Crippen LogP contribution in [0.25, 0.3) is 0 Å². The van der Waals surface area contributed by atoms with Gasteiger partial charge in [-0.25, -0.2) is 5.01 Å². The zero-order chi connectivity index (χ0) is 10.7. The third-order valence-electron chi connectivity index (χ3n) is 2.15. The SMILES string of the molecule is Cl.O=C(C[n+]1ccccc1)N1CCC([O-])=N1. The van der Waals surface area contributed by atoms with Gasteiger partial charge in [0, 0.05) is 18.7 Å². The summed E-state index contributed by atoms with van der Waals surface area (Å²) in [6.07, 6.45) is 3.94. The number of pyridine rings is 1. The molecule has 0 saturated carbocycles. The van der Waals surface area contributed by atoms with E-state index in [1.54, 1.807) is 17.0 Å². The van der Waals surface area contributed by atoms with Gasteiger partial charge in [0.2, 0.25) is 6.54 Å². The second-order valence-corrected chi connectivity index (χ2v) is 3.31. The number of carbonyl (C=O) groups excluding carboxylic acids is 1. The van der Waals surface area contributed by atoms with Crippen LogP contribution in [0.1, 0.15) is 6.42 Å². The van der Waals surface area contributed by atoms with Crippen LogP contribution in [-0.2, 0) is 11.3 Å². The van der Waals surface area contributed by atoms with Gasteiger partial charge in [-0.05, 0) is 12.3 Å². The van der Waals surface area contributed by atoms with Crippen molar-refractivity contribution in [3.8, 4) is 0 Å². The van der Waals surface area contributed by atoms with Crippen LogP contribution in [0.3, 0.4) is 0 Å². The molecule has 1 aromatic rings. The van der Waals surface area contributed by atoms with E-state index in [-0.39, 0.29) is 30.8 Å². The van der Waals surface area contributed by atoms with E-state index in [4.69, 9.17) is 0 Å². The van der Waals surface area contributed by atoms with Crippen molar-refractivity contribution in [2.24, 2.45) is 5.10 Å². The Balaban J connectivity index is 0.00000128. The van der Waals surface area contributed by atoms with E-state index < -0.39 is 0 Å². The van der Waals surface area contributed by atoms with Crippen LogP contribution in [0.4, 0.5) is 0 Å². The Hall–Kier alpha value is -1.62. The molecule has 0 radical (unpaired) electrons. The Kier molecular flexibility index (Phi) is 4.25. The molecule has 0 spiro atoms. The molecule has 1 aromatic heterocycles. The standard InChI is InChI=1S/C10H11N3O2.ClH/c14-9-4-7-13(11-9)10(15)8-12-5-2-1-3-6-12;/h1-3,5-6H,4,7-8H2;1H. The molecular weight excluding hydrogens is 230 g/mol. The maximum atomic E-state index is 11.6. The maximum Gasteiger partial charge on any atom is 0.308 e. The Labute approximate surface area is 99.4 Å². The molecule has 6 heteroatoms. The predicted molar refractivity (Wildman–Crippen MR) is 57.7 cm³/mol. The van der Waals surface area contributed by atoms with Crippen molar-refractivity contribution in [1.29, 1.82) is 0 Å². The lowest BCUT2D eigenvalue weighted by molar-refractivity contribution is -0.685. The van der Waals surface area contributed by atoms with E-state index in [9.17, 15) is 9.90 Å². The van der Waals surface area contributed by atoms with Crippen LogP contribution in [0, 0.1) is 0 Å². The van der Waals surface area contributed by atoms with Crippen LogP contribution >= 0.6 is 12.4 Å². The Morgan fingerprint density at radius 2 is 2.12 bits per heavy atom. The molecule has 1 aliphatic heterocycles. The Morgan fingerprint density at radius 1 is 1.44 bits per heavy atom. The minimum atomic E-state index is -0.221. The highest BCUT2D eigenvalue weighted by Crippen LogP contribution is 2.02. The molecule has 86 valence electrons. The third kappa shape index (κ3) is 2.93. The van der Waals surface area contributed by atoms with Crippen molar-refractivity contribution >= 4 is 24.2 Å². The molecular formula is C10H12ClN3O2. The van der Waals surface area contributed by atoms with Gasteiger partial charge in [0.05, 0.1) is 0 Å². The first kappa shape index (κ1) is 12.4. The first-order chi connectivity index (χ1) is 7.25. The summed E-state index contributed by atoms with van der Waals surface area (Å²) in [6.45, 7) is 0.628. The number of hydrogen-bond donors (Lipinski definition) is 0. The molecule has 2 rings (SSSR count). The Bertz CT molecular complexity index is 394. The van der Waals surface area contributed by atoms with Crippen molar-refractivity contribution < 1.29 is 14.5 Å². The summed E-state index contributed by atoms with van der Waals surface area (Å²) in [7, 11) is 0. The zero-order valence-corrected chi connectivity index (χ0v) is 9.39. The molecule has 1 amide bonds. The summed E-state index contributed by atoms with van der Waals surface area (Å²) in [6, 6.07) is 5.57. The molecule has 16 heavy (non-hydrogen) atoms. The smallest absolute Gasteiger partial charge is 0.308 e. The molecule has 0 saturated heterocycles. The quantitative estimate of drug-likeness (QED) is 0.643. The number of aromatic nitrogens is 1. The minimum absolute atomic E-state index is 0. The third-order valence-corrected chi connectivity index (χ3v) is 2.15.